The molecule has 94 valence electrons. The Morgan fingerprint density at radius 2 is 2.39 bits per heavy atom. The third-order valence-electron chi connectivity index (χ3n) is 2.95. The number of fused-ring (bicyclic) bond motifs is 1. The zero-order chi connectivity index (χ0) is 12.8. The Kier molecular flexibility index (Phi) is 4.19. The Hall–Kier alpha value is -2.02. The first-order chi connectivity index (χ1) is 8.79. The van der Waals surface area contributed by atoms with Crippen molar-refractivity contribution in [1.82, 2.24) is 5.32 Å². The van der Waals surface area contributed by atoms with Crippen LogP contribution in [-0.4, -0.2) is 19.1 Å². The van der Waals surface area contributed by atoms with Gasteiger partial charge in [0, 0.05) is 6.54 Å². The van der Waals surface area contributed by atoms with Gasteiger partial charge in [-0.05, 0) is 36.5 Å². The number of amides is 1. The summed E-state index contributed by atoms with van der Waals surface area (Å²) in [6.45, 7) is 1.37. The summed E-state index contributed by atoms with van der Waals surface area (Å²) < 4.78 is 5.55. The molecule has 0 radical (unpaired) electrons. The van der Waals surface area contributed by atoms with Crippen LogP contribution in [-0.2, 0) is 17.6 Å². The number of aryl methyl sites for hydroxylation is 1. The standard InChI is InChI=1S/C14H16N2O2/c15-7-5-14(17)16-8-6-11-3-4-13-12(10-11)2-1-9-18-13/h3-4,10H,1-2,5-6,8-9H2,(H,16,17). The largest absolute Gasteiger partial charge is 0.493 e. The first-order valence-electron chi connectivity index (χ1n) is 6.18. The minimum Gasteiger partial charge on any atom is -0.493 e. The van der Waals surface area contributed by atoms with Crippen LogP contribution in [0.15, 0.2) is 18.2 Å². The summed E-state index contributed by atoms with van der Waals surface area (Å²) in [4.78, 5) is 11.1. The molecule has 1 aliphatic rings. The smallest absolute Gasteiger partial charge is 0.234 e. The van der Waals surface area contributed by atoms with Crippen molar-refractivity contribution in [2.75, 3.05) is 13.2 Å². The molecule has 0 unspecified atom stereocenters. The van der Waals surface area contributed by atoms with Crippen LogP contribution in [0.25, 0.3) is 0 Å². The molecule has 1 aliphatic heterocycles. The Bertz CT molecular complexity index is 477. The molecule has 0 aromatic heterocycles. The van der Waals surface area contributed by atoms with Crippen LogP contribution in [0, 0.1) is 11.3 Å². The number of benzene rings is 1. The van der Waals surface area contributed by atoms with E-state index < -0.39 is 0 Å². The molecular weight excluding hydrogens is 228 g/mol. The molecular formula is C14H16N2O2. The number of hydrogen-bond acceptors (Lipinski definition) is 3. The second kappa shape index (κ2) is 6.06. The number of nitrogens with zero attached hydrogens (tertiary/aromatic N) is 1. The van der Waals surface area contributed by atoms with Gasteiger partial charge in [0.25, 0.3) is 0 Å². The average Bonchev–Trinajstić information content (AvgIpc) is 2.39. The van der Waals surface area contributed by atoms with Gasteiger partial charge in [-0.15, -0.1) is 0 Å². The third-order valence-corrected chi connectivity index (χ3v) is 2.95. The molecule has 0 saturated carbocycles. The van der Waals surface area contributed by atoms with Crippen LogP contribution in [0.4, 0.5) is 0 Å². The van der Waals surface area contributed by atoms with Crippen LogP contribution < -0.4 is 10.1 Å². The Labute approximate surface area is 107 Å². The summed E-state index contributed by atoms with van der Waals surface area (Å²) in [6, 6.07) is 8.00. The monoisotopic (exact) mass is 244 g/mol. The van der Waals surface area contributed by atoms with Gasteiger partial charge in [0.2, 0.25) is 5.91 Å². The van der Waals surface area contributed by atoms with Gasteiger partial charge in [-0.3, -0.25) is 4.79 Å². The Morgan fingerprint density at radius 3 is 3.22 bits per heavy atom. The summed E-state index contributed by atoms with van der Waals surface area (Å²) in [7, 11) is 0. The van der Waals surface area contributed by atoms with Gasteiger partial charge in [-0.2, -0.15) is 5.26 Å². The number of nitrogens with one attached hydrogen (secondary N) is 1. The molecule has 0 atom stereocenters. The van der Waals surface area contributed by atoms with E-state index in [-0.39, 0.29) is 12.3 Å². The molecule has 2 rings (SSSR count). The second-order valence-corrected chi connectivity index (χ2v) is 4.33. The second-order valence-electron chi connectivity index (χ2n) is 4.33. The molecule has 0 fully saturated rings. The molecule has 1 aromatic carbocycles. The Morgan fingerprint density at radius 1 is 1.50 bits per heavy atom. The van der Waals surface area contributed by atoms with E-state index >= 15 is 0 Å². The van der Waals surface area contributed by atoms with Crippen molar-refractivity contribution in [1.29, 1.82) is 5.26 Å². The van der Waals surface area contributed by atoms with E-state index in [1.165, 1.54) is 11.1 Å². The van der Waals surface area contributed by atoms with Crippen molar-refractivity contribution in [2.45, 2.75) is 25.7 Å². The van der Waals surface area contributed by atoms with Gasteiger partial charge in [-0.1, -0.05) is 12.1 Å². The fourth-order valence-corrected chi connectivity index (χ4v) is 2.05. The predicted octanol–water partition coefficient (Wildman–Crippen LogP) is 1.58. The number of nitriles is 1. The zero-order valence-electron chi connectivity index (χ0n) is 10.2. The molecule has 1 aromatic rings. The van der Waals surface area contributed by atoms with E-state index in [2.05, 4.69) is 11.4 Å². The van der Waals surface area contributed by atoms with E-state index in [0.717, 1.165) is 31.6 Å². The fourth-order valence-electron chi connectivity index (χ4n) is 2.05. The lowest BCUT2D eigenvalue weighted by atomic mass is 10.0. The quantitative estimate of drug-likeness (QED) is 0.874. The fraction of sp³-hybridized carbons (Fsp3) is 0.429. The van der Waals surface area contributed by atoms with E-state index in [4.69, 9.17) is 10.00 Å². The highest BCUT2D eigenvalue weighted by molar-refractivity contribution is 5.77. The van der Waals surface area contributed by atoms with Crippen molar-refractivity contribution in [3.8, 4) is 11.8 Å². The first-order valence-corrected chi connectivity index (χ1v) is 6.18. The Balaban J connectivity index is 1.87. The van der Waals surface area contributed by atoms with Crippen molar-refractivity contribution >= 4 is 5.91 Å². The van der Waals surface area contributed by atoms with Crippen molar-refractivity contribution in [3.05, 3.63) is 29.3 Å². The van der Waals surface area contributed by atoms with Gasteiger partial charge in [0.1, 0.15) is 12.2 Å². The maximum absolute atomic E-state index is 11.1. The summed E-state index contributed by atoms with van der Waals surface area (Å²) in [5.41, 5.74) is 2.44. The SMILES string of the molecule is N#CCC(=O)NCCc1ccc2c(c1)CCCO2. The lowest BCUT2D eigenvalue weighted by Crippen LogP contribution is -2.24. The van der Waals surface area contributed by atoms with Gasteiger partial charge < -0.3 is 10.1 Å². The van der Waals surface area contributed by atoms with Crippen molar-refractivity contribution in [2.24, 2.45) is 0 Å². The molecule has 0 spiro atoms. The molecule has 0 bridgehead atoms. The van der Waals surface area contributed by atoms with Crippen LogP contribution in [0.1, 0.15) is 24.0 Å². The maximum Gasteiger partial charge on any atom is 0.234 e. The minimum absolute atomic E-state index is 0.0714. The molecule has 1 N–H and O–H groups in total. The minimum atomic E-state index is -0.209. The first kappa shape index (κ1) is 12.4. The highest BCUT2D eigenvalue weighted by atomic mass is 16.5. The molecule has 4 nitrogen and oxygen atoms in total. The van der Waals surface area contributed by atoms with E-state index in [1.54, 1.807) is 0 Å². The lowest BCUT2D eigenvalue weighted by Gasteiger charge is -2.17. The number of ether oxygens (including phenoxy) is 1. The van der Waals surface area contributed by atoms with E-state index in [1.807, 2.05) is 18.2 Å². The van der Waals surface area contributed by atoms with Gasteiger partial charge in [0.05, 0.1) is 12.7 Å². The number of carbonyl (C=O) groups is 1. The number of hydrogen-bond donors (Lipinski definition) is 1. The summed E-state index contributed by atoms with van der Waals surface area (Å²) in [5.74, 6) is 0.775. The molecule has 1 heterocycles. The van der Waals surface area contributed by atoms with Crippen LogP contribution in [0.3, 0.4) is 0 Å². The molecule has 0 saturated heterocycles. The molecule has 18 heavy (non-hydrogen) atoms. The summed E-state index contributed by atoms with van der Waals surface area (Å²) in [6.07, 6.45) is 2.84. The predicted molar refractivity (Wildman–Crippen MR) is 67.2 cm³/mol. The normalized spacial score (nSPS) is 13.1. The molecule has 0 aliphatic carbocycles. The highest BCUT2D eigenvalue weighted by Crippen LogP contribution is 2.25. The van der Waals surface area contributed by atoms with Crippen molar-refractivity contribution in [3.63, 3.8) is 0 Å². The molecule has 1 amide bonds. The summed E-state index contributed by atoms with van der Waals surface area (Å²) in [5, 5.41) is 11.1. The summed E-state index contributed by atoms with van der Waals surface area (Å²) >= 11 is 0. The van der Waals surface area contributed by atoms with Crippen molar-refractivity contribution < 1.29 is 9.53 Å². The van der Waals surface area contributed by atoms with Gasteiger partial charge >= 0.3 is 0 Å². The third kappa shape index (κ3) is 3.24. The topological polar surface area (TPSA) is 62.1 Å². The van der Waals surface area contributed by atoms with E-state index in [9.17, 15) is 4.79 Å². The highest BCUT2D eigenvalue weighted by Gasteiger charge is 2.10. The van der Waals surface area contributed by atoms with Gasteiger partial charge in [-0.25, -0.2) is 0 Å². The van der Waals surface area contributed by atoms with Crippen LogP contribution in [0.5, 0.6) is 5.75 Å². The molecule has 4 heteroatoms. The number of rotatable bonds is 4. The zero-order valence-corrected chi connectivity index (χ0v) is 10.2. The van der Waals surface area contributed by atoms with E-state index in [0.29, 0.717) is 6.54 Å². The van der Waals surface area contributed by atoms with Crippen LogP contribution in [0.2, 0.25) is 0 Å². The maximum atomic E-state index is 11.1. The average molecular weight is 244 g/mol. The van der Waals surface area contributed by atoms with Gasteiger partial charge in [0.15, 0.2) is 0 Å². The number of carbonyl (C=O) groups excluding carboxylic acids is 1. The van der Waals surface area contributed by atoms with Crippen LogP contribution >= 0.6 is 0 Å². The lowest BCUT2D eigenvalue weighted by molar-refractivity contribution is -0.120.